The molecule has 0 aliphatic rings. The van der Waals surface area contributed by atoms with Gasteiger partial charge >= 0.3 is 5.97 Å². The van der Waals surface area contributed by atoms with Gasteiger partial charge in [0.25, 0.3) is 5.91 Å². The molecule has 1 aromatic heterocycles. The Morgan fingerprint density at radius 2 is 2.00 bits per heavy atom. The number of hydrogen-bond acceptors (Lipinski definition) is 4. The first-order valence-corrected chi connectivity index (χ1v) is 6.46. The molecule has 0 unspecified atom stereocenters. The molecule has 1 heterocycles. The molecule has 1 N–H and O–H groups in total. The van der Waals surface area contributed by atoms with Gasteiger partial charge < -0.3 is 14.9 Å². The van der Waals surface area contributed by atoms with E-state index >= 15 is 0 Å². The first-order chi connectivity index (χ1) is 8.90. The number of nitrogens with zero attached hydrogens (tertiary/aromatic N) is 3. The Morgan fingerprint density at radius 3 is 2.53 bits per heavy atom. The molecular weight excluding hydrogens is 314 g/mol. The summed E-state index contributed by atoms with van der Waals surface area (Å²) < 4.78 is 0.682. The van der Waals surface area contributed by atoms with Gasteiger partial charge in [0, 0.05) is 30.0 Å². The molecule has 7 heteroatoms. The molecule has 0 aliphatic carbocycles. The number of halogens is 1. The molecule has 0 atom stereocenters. The Hall–Kier alpha value is -1.47. The van der Waals surface area contributed by atoms with Crippen molar-refractivity contribution in [2.75, 3.05) is 33.7 Å². The van der Waals surface area contributed by atoms with E-state index < -0.39 is 5.97 Å². The highest BCUT2D eigenvalue weighted by Crippen LogP contribution is 2.11. The number of carbonyl (C=O) groups is 2. The van der Waals surface area contributed by atoms with E-state index in [2.05, 4.69) is 20.9 Å². The number of likely N-dealkylation sites (N-methyl/N-ethyl adjacent to an activating group) is 1. The average Bonchev–Trinajstić information content (AvgIpc) is 2.33. The van der Waals surface area contributed by atoms with Crippen LogP contribution in [-0.2, 0) is 4.79 Å². The normalized spacial score (nSPS) is 10.5. The Morgan fingerprint density at radius 1 is 1.32 bits per heavy atom. The van der Waals surface area contributed by atoms with Crippen molar-refractivity contribution in [3.05, 3.63) is 28.5 Å². The molecule has 1 rings (SSSR count). The lowest BCUT2D eigenvalue weighted by atomic mass is 10.2. The second-order valence-corrected chi connectivity index (χ2v) is 5.23. The third-order valence-electron chi connectivity index (χ3n) is 2.38. The summed E-state index contributed by atoms with van der Waals surface area (Å²) in [5.41, 5.74) is 0.370. The first kappa shape index (κ1) is 15.6. The lowest BCUT2D eigenvalue weighted by Gasteiger charge is -2.22. The second-order valence-electron chi connectivity index (χ2n) is 4.32. The molecule has 0 aliphatic heterocycles. The summed E-state index contributed by atoms with van der Waals surface area (Å²) in [5.74, 6) is -1.37. The molecule has 1 amide bonds. The second kappa shape index (κ2) is 7.20. The number of aliphatic carboxylic acids is 1. The molecule has 0 spiro atoms. The standard InChI is InChI=1S/C12H16BrN3O3/c1-15(2)3-4-16(8-11(17)18)12(19)9-5-10(13)7-14-6-9/h5-7H,3-4,8H2,1-2H3,(H,17,18). The van der Waals surface area contributed by atoms with E-state index in [0.717, 1.165) is 0 Å². The molecule has 0 radical (unpaired) electrons. The SMILES string of the molecule is CN(C)CCN(CC(=O)O)C(=O)c1cncc(Br)c1. The summed E-state index contributed by atoms with van der Waals surface area (Å²) in [6, 6.07) is 1.62. The van der Waals surface area contributed by atoms with Crippen molar-refractivity contribution in [2.24, 2.45) is 0 Å². The molecule has 19 heavy (non-hydrogen) atoms. The smallest absolute Gasteiger partial charge is 0.323 e. The van der Waals surface area contributed by atoms with Crippen LogP contribution in [0, 0.1) is 0 Å². The fourth-order valence-electron chi connectivity index (χ4n) is 1.45. The van der Waals surface area contributed by atoms with Crippen LogP contribution in [0.3, 0.4) is 0 Å². The van der Waals surface area contributed by atoms with Crippen LogP contribution in [0.2, 0.25) is 0 Å². The fourth-order valence-corrected chi connectivity index (χ4v) is 1.81. The van der Waals surface area contributed by atoms with E-state index in [0.29, 0.717) is 23.1 Å². The largest absolute Gasteiger partial charge is 0.480 e. The van der Waals surface area contributed by atoms with Crippen LogP contribution in [0.1, 0.15) is 10.4 Å². The van der Waals surface area contributed by atoms with E-state index in [1.165, 1.54) is 11.1 Å². The molecular formula is C12H16BrN3O3. The third kappa shape index (κ3) is 5.35. The quantitative estimate of drug-likeness (QED) is 0.840. The lowest BCUT2D eigenvalue weighted by molar-refractivity contribution is -0.137. The minimum Gasteiger partial charge on any atom is -0.480 e. The van der Waals surface area contributed by atoms with Gasteiger partial charge in [0.05, 0.1) is 5.56 Å². The molecule has 0 bridgehead atoms. The van der Waals surface area contributed by atoms with Crippen molar-refractivity contribution in [2.45, 2.75) is 0 Å². The minimum atomic E-state index is -1.03. The molecule has 1 aromatic rings. The Kier molecular flexibility index (Phi) is 5.91. The maximum atomic E-state index is 12.2. The van der Waals surface area contributed by atoms with Gasteiger partial charge in [0.15, 0.2) is 0 Å². The number of rotatable bonds is 6. The number of aromatic nitrogens is 1. The summed E-state index contributed by atoms with van der Waals surface area (Å²) in [6.07, 6.45) is 3.00. The highest BCUT2D eigenvalue weighted by Gasteiger charge is 2.19. The Bertz CT molecular complexity index is 465. The Balaban J connectivity index is 2.83. The van der Waals surface area contributed by atoms with Gasteiger partial charge in [-0.2, -0.15) is 0 Å². The lowest BCUT2D eigenvalue weighted by Crippen LogP contribution is -2.40. The van der Waals surface area contributed by atoms with E-state index in [-0.39, 0.29) is 12.5 Å². The minimum absolute atomic E-state index is 0.320. The van der Waals surface area contributed by atoms with E-state index in [4.69, 9.17) is 5.11 Å². The van der Waals surface area contributed by atoms with Crippen molar-refractivity contribution >= 4 is 27.8 Å². The third-order valence-corrected chi connectivity index (χ3v) is 2.82. The molecule has 6 nitrogen and oxygen atoms in total. The average molecular weight is 330 g/mol. The zero-order chi connectivity index (χ0) is 14.4. The van der Waals surface area contributed by atoms with Gasteiger partial charge in [0.1, 0.15) is 6.54 Å². The summed E-state index contributed by atoms with van der Waals surface area (Å²) >= 11 is 3.23. The number of hydrogen-bond donors (Lipinski definition) is 1. The van der Waals surface area contributed by atoms with Crippen molar-refractivity contribution < 1.29 is 14.7 Å². The van der Waals surface area contributed by atoms with Crippen LogP contribution in [0.4, 0.5) is 0 Å². The van der Waals surface area contributed by atoms with Crippen LogP contribution >= 0.6 is 15.9 Å². The monoisotopic (exact) mass is 329 g/mol. The summed E-state index contributed by atoms with van der Waals surface area (Å²) in [6.45, 7) is 0.629. The van der Waals surface area contributed by atoms with Gasteiger partial charge in [-0.3, -0.25) is 14.6 Å². The van der Waals surface area contributed by atoms with E-state index in [1.807, 2.05) is 19.0 Å². The van der Waals surface area contributed by atoms with Crippen molar-refractivity contribution in [3.8, 4) is 0 Å². The molecule has 0 saturated carbocycles. The molecule has 104 valence electrons. The van der Waals surface area contributed by atoms with E-state index in [1.54, 1.807) is 12.3 Å². The highest BCUT2D eigenvalue weighted by atomic mass is 79.9. The van der Waals surface area contributed by atoms with Crippen LogP contribution in [0.5, 0.6) is 0 Å². The van der Waals surface area contributed by atoms with Gasteiger partial charge in [-0.05, 0) is 36.1 Å². The predicted molar refractivity (Wildman–Crippen MR) is 74.0 cm³/mol. The molecule has 0 fully saturated rings. The van der Waals surface area contributed by atoms with Crippen molar-refractivity contribution in [1.29, 1.82) is 0 Å². The van der Waals surface area contributed by atoms with Gasteiger partial charge in [-0.1, -0.05) is 0 Å². The van der Waals surface area contributed by atoms with E-state index in [9.17, 15) is 9.59 Å². The number of carboxylic acid groups (broad SMARTS) is 1. The summed E-state index contributed by atoms with van der Waals surface area (Å²) in [5, 5.41) is 8.87. The van der Waals surface area contributed by atoms with Crippen molar-refractivity contribution in [1.82, 2.24) is 14.8 Å². The first-order valence-electron chi connectivity index (χ1n) is 5.66. The van der Waals surface area contributed by atoms with Crippen LogP contribution in [-0.4, -0.2) is 65.5 Å². The maximum absolute atomic E-state index is 12.2. The number of amides is 1. The summed E-state index contributed by atoms with van der Waals surface area (Å²) in [7, 11) is 3.73. The Labute approximate surface area is 120 Å². The molecule has 0 aromatic carbocycles. The number of pyridine rings is 1. The zero-order valence-electron chi connectivity index (χ0n) is 10.8. The van der Waals surface area contributed by atoms with Crippen LogP contribution < -0.4 is 0 Å². The highest BCUT2D eigenvalue weighted by molar-refractivity contribution is 9.10. The van der Waals surface area contributed by atoms with Gasteiger partial charge in [-0.15, -0.1) is 0 Å². The van der Waals surface area contributed by atoms with Crippen LogP contribution in [0.25, 0.3) is 0 Å². The predicted octanol–water partition coefficient (Wildman–Crippen LogP) is 0.933. The fraction of sp³-hybridized carbons (Fsp3) is 0.417. The maximum Gasteiger partial charge on any atom is 0.323 e. The number of carbonyl (C=O) groups excluding carboxylic acids is 1. The molecule has 0 saturated heterocycles. The topological polar surface area (TPSA) is 73.7 Å². The number of carboxylic acids is 1. The summed E-state index contributed by atoms with van der Waals surface area (Å²) in [4.78, 5) is 30.2. The van der Waals surface area contributed by atoms with Crippen molar-refractivity contribution in [3.63, 3.8) is 0 Å². The zero-order valence-corrected chi connectivity index (χ0v) is 12.4. The van der Waals surface area contributed by atoms with Crippen LogP contribution in [0.15, 0.2) is 22.9 Å². The van der Waals surface area contributed by atoms with Gasteiger partial charge in [0.2, 0.25) is 0 Å². The van der Waals surface area contributed by atoms with Gasteiger partial charge in [-0.25, -0.2) is 0 Å².